The molecule has 0 spiro atoms. The minimum absolute atomic E-state index is 0.315. The second kappa shape index (κ2) is 7.57. The molecule has 0 saturated carbocycles. The SMILES string of the molecule is O=C(NC([NH2+]Cc1ccco1)C(Cl)(Cl)Cl)c1ccccc1Cl. The summed E-state index contributed by atoms with van der Waals surface area (Å²) in [7, 11) is 0. The van der Waals surface area contributed by atoms with Gasteiger partial charge in [0, 0.05) is 0 Å². The van der Waals surface area contributed by atoms with Gasteiger partial charge in [0.2, 0.25) is 6.17 Å². The number of amides is 1. The van der Waals surface area contributed by atoms with Crippen LogP contribution in [0.25, 0.3) is 0 Å². The van der Waals surface area contributed by atoms with Crippen LogP contribution in [-0.2, 0) is 6.54 Å². The first-order valence-corrected chi connectivity index (χ1v) is 7.87. The van der Waals surface area contributed by atoms with E-state index in [4.69, 9.17) is 50.8 Å². The zero-order valence-corrected chi connectivity index (χ0v) is 14.3. The third kappa shape index (κ3) is 4.80. The van der Waals surface area contributed by atoms with Crippen molar-refractivity contribution < 1.29 is 14.5 Å². The average molecular weight is 383 g/mol. The van der Waals surface area contributed by atoms with E-state index in [-0.39, 0.29) is 0 Å². The fraction of sp³-hybridized carbons (Fsp3) is 0.214. The molecule has 1 heterocycles. The molecule has 2 aromatic rings. The number of hydrogen-bond donors (Lipinski definition) is 2. The Balaban J connectivity index is 2.06. The Hall–Kier alpha value is -0.910. The van der Waals surface area contributed by atoms with Crippen molar-refractivity contribution in [3.63, 3.8) is 0 Å². The second-order valence-corrected chi connectivity index (χ2v) is 7.27. The standard InChI is InChI=1S/C14H12Cl4N2O2/c15-11-6-2-1-5-10(11)12(21)20-13(14(16,17)18)19-8-9-4-3-7-22-9/h1-7,13,19H,8H2,(H,20,21)/p+1. The van der Waals surface area contributed by atoms with Crippen molar-refractivity contribution in [2.45, 2.75) is 16.5 Å². The van der Waals surface area contributed by atoms with E-state index in [9.17, 15) is 4.79 Å². The molecule has 22 heavy (non-hydrogen) atoms. The first-order chi connectivity index (χ1) is 10.4. The number of halogens is 4. The molecular weight excluding hydrogens is 370 g/mol. The van der Waals surface area contributed by atoms with E-state index >= 15 is 0 Å². The Morgan fingerprint density at radius 3 is 2.55 bits per heavy atom. The number of hydrogen-bond acceptors (Lipinski definition) is 2. The third-order valence-corrected chi connectivity index (χ3v) is 3.93. The van der Waals surface area contributed by atoms with Gasteiger partial charge in [0.25, 0.3) is 9.70 Å². The van der Waals surface area contributed by atoms with Crippen molar-refractivity contribution in [2.75, 3.05) is 0 Å². The van der Waals surface area contributed by atoms with Gasteiger partial charge in [-0.3, -0.25) is 10.1 Å². The van der Waals surface area contributed by atoms with Gasteiger partial charge in [-0.25, -0.2) is 0 Å². The maximum atomic E-state index is 12.3. The smallest absolute Gasteiger partial charge is 0.262 e. The van der Waals surface area contributed by atoms with Crippen LogP contribution in [0, 0.1) is 0 Å². The summed E-state index contributed by atoms with van der Waals surface area (Å²) in [6.07, 6.45) is 0.752. The van der Waals surface area contributed by atoms with Crippen LogP contribution >= 0.6 is 46.4 Å². The van der Waals surface area contributed by atoms with E-state index < -0.39 is 15.9 Å². The van der Waals surface area contributed by atoms with Crippen molar-refractivity contribution in [1.82, 2.24) is 5.32 Å². The number of rotatable bonds is 5. The van der Waals surface area contributed by atoms with Gasteiger partial charge < -0.3 is 9.73 Å². The van der Waals surface area contributed by atoms with E-state index in [2.05, 4.69) is 5.32 Å². The van der Waals surface area contributed by atoms with E-state index in [0.29, 0.717) is 22.9 Å². The summed E-state index contributed by atoms with van der Waals surface area (Å²) in [4.78, 5) is 12.3. The molecule has 0 aliphatic heterocycles. The molecule has 4 nitrogen and oxygen atoms in total. The van der Waals surface area contributed by atoms with E-state index in [1.54, 1.807) is 48.0 Å². The van der Waals surface area contributed by atoms with Crippen LogP contribution in [0.3, 0.4) is 0 Å². The molecule has 0 aliphatic rings. The van der Waals surface area contributed by atoms with Crippen LogP contribution in [0.2, 0.25) is 5.02 Å². The summed E-state index contributed by atoms with van der Waals surface area (Å²) in [5.74, 6) is 0.281. The largest absolute Gasteiger partial charge is 0.463 e. The fourth-order valence-corrected chi connectivity index (χ4v) is 2.45. The Morgan fingerprint density at radius 2 is 1.95 bits per heavy atom. The summed E-state index contributed by atoms with van der Waals surface area (Å²) in [5.41, 5.74) is 0.315. The Morgan fingerprint density at radius 1 is 1.23 bits per heavy atom. The predicted octanol–water partition coefficient (Wildman–Crippen LogP) is 3.12. The summed E-state index contributed by atoms with van der Waals surface area (Å²) in [6, 6.07) is 10.2. The van der Waals surface area contributed by atoms with Gasteiger partial charge in [-0.15, -0.1) is 0 Å². The van der Waals surface area contributed by atoms with Crippen LogP contribution in [0.4, 0.5) is 0 Å². The first-order valence-electron chi connectivity index (χ1n) is 6.36. The number of nitrogens with one attached hydrogen (secondary N) is 1. The van der Waals surface area contributed by atoms with E-state index in [1.165, 1.54) is 0 Å². The van der Waals surface area contributed by atoms with Gasteiger partial charge in [-0.1, -0.05) is 58.5 Å². The molecule has 118 valence electrons. The highest BCUT2D eigenvalue weighted by Gasteiger charge is 2.37. The fourth-order valence-electron chi connectivity index (χ4n) is 1.80. The van der Waals surface area contributed by atoms with Crippen LogP contribution in [0.5, 0.6) is 0 Å². The van der Waals surface area contributed by atoms with Crippen LogP contribution in [-0.4, -0.2) is 15.9 Å². The Bertz CT molecular complexity index is 626. The lowest BCUT2D eigenvalue weighted by atomic mass is 10.2. The van der Waals surface area contributed by atoms with Crippen molar-refractivity contribution in [3.8, 4) is 0 Å². The summed E-state index contributed by atoms with van der Waals surface area (Å²) in [6.45, 7) is 0.411. The average Bonchev–Trinajstić information content (AvgIpc) is 2.95. The first kappa shape index (κ1) is 17.4. The Kier molecular flexibility index (Phi) is 6.01. The molecule has 0 fully saturated rings. The quantitative estimate of drug-likeness (QED) is 0.616. The Labute approximate surface area is 147 Å². The lowest BCUT2D eigenvalue weighted by Gasteiger charge is -2.23. The van der Waals surface area contributed by atoms with Crippen molar-refractivity contribution in [1.29, 1.82) is 0 Å². The summed E-state index contributed by atoms with van der Waals surface area (Å²) in [5, 5.41) is 4.66. The number of alkyl halides is 3. The highest BCUT2D eigenvalue weighted by Crippen LogP contribution is 2.28. The van der Waals surface area contributed by atoms with Crippen molar-refractivity contribution in [3.05, 3.63) is 59.0 Å². The van der Waals surface area contributed by atoms with Gasteiger partial charge in [-0.2, -0.15) is 0 Å². The predicted molar refractivity (Wildman–Crippen MR) is 87.3 cm³/mol. The van der Waals surface area contributed by atoms with Crippen molar-refractivity contribution in [2.24, 2.45) is 0 Å². The highest BCUT2D eigenvalue weighted by atomic mass is 35.6. The lowest BCUT2D eigenvalue weighted by molar-refractivity contribution is -0.708. The second-order valence-electron chi connectivity index (χ2n) is 4.49. The van der Waals surface area contributed by atoms with Crippen LogP contribution < -0.4 is 10.6 Å². The zero-order chi connectivity index (χ0) is 16.2. The third-order valence-electron chi connectivity index (χ3n) is 2.89. The topological polar surface area (TPSA) is 58.9 Å². The molecule has 3 N–H and O–H groups in total. The minimum Gasteiger partial charge on any atom is -0.463 e. The zero-order valence-electron chi connectivity index (χ0n) is 11.2. The number of furan rings is 1. The normalized spacial score (nSPS) is 12.9. The van der Waals surface area contributed by atoms with Gasteiger partial charge in [0.15, 0.2) is 5.76 Å². The van der Waals surface area contributed by atoms with Crippen LogP contribution in [0.15, 0.2) is 47.1 Å². The van der Waals surface area contributed by atoms with Gasteiger partial charge in [-0.05, 0) is 24.3 Å². The molecule has 0 aliphatic carbocycles. The van der Waals surface area contributed by atoms with Gasteiger partial charge in [0.05, 0.1) is 16.8 Å². The van der Waals surface area contributed by atoms with E-state index in [0.717, 1.165) is 0 Å². The molecule has 0 bridgehead atoms. The highest BCUT2D eigenvalue weighted by molar-refractivity contribution is 6.68. The number of quaternary nitrogens is 1. The monoisotopic (exact) mass is 381 g/mol. The number of nitrogens with two attached hydrogens (primary N) is 1. The van der Waals surface area contributed by atoms with E-state index in [1.807, 2.05) is 0 Å². The molecular formula is C14H13Cl4N2O2+. The molecule has 8 heteroatoms. The molecule has 0 saturated heterocycles. The molecule has 1 aromatic carbocycles. The number of benzene rings is 1. The molecule has 1 unspecified atom stereocenters. The van der Waals surface area contributed by atoms with Gasteiger partial charge >= 0.3 is 0 Å². The maximum Gasteiger partial charge on any atom is 0.262 e. The lowest BCUT2D eigenvalue weighted by Crippen LogP contribution is -2.95. The molecule has 1 atom stereocenters. The minimum atomic E-state index is -1.69. The molecule has 1 aromatic heterocycles. The maximum absolute atomic E-state index is 12.3. The molecule has 1 amide bonds. The molecule has 2 rings (SSSR count). The van der Waals surface area contributed by atoms with Gasteiger partial charge in [0.1, 0.15) is 6.54 Å². The van der Waals surface area contributed by atoms with Crippen LogP contribution in [0.1, 0.15) is 16.1 Å². The number of carbonyl (C=O) groups excluding carboxylic acids is 1. The summed E-state index contributed by atoms with van der Waals surface area (Å²) < 4.78 is 3.52. The summed E-state index contributed by atoms with van der Waals surface area (Å²) >= 11 is 23.8. The number of carbonyl (C=O) groups is 1. The van der Waals surface area contributed by atoms with Crippen molar-refractivity contribution >= 4 is 52.3 Å². The molecule has 0 radical (unpaired) electrons.